The number of rotatable bonds is 2. The summed E-state index contributed by atoms with van der Waals surface area (Å²) in [7, 11) is 0. The van der Waals surface area contributed by atoms with E-state index in [1.807, 2.05) is 0 Å². The fourth-order valence-electron chi connectivity index (χ4n) is 0.654. The van der Waals surface area contributed by atoms with Crippen LogP contribution < -0.4 is 24.0 Å². The van der Waals surface area contributed by atoms with Crippen LogP contribution in [0.5, 0.6) is 0 Å². The first-order valence-electron chi connectivity index (χ1n) is 2.85. The Balaban J connectivity index is 0.000001000. The summed E-state index contributed by atoms with van der Waals surface area (Å²) >= 11 is 0. The number of carboxylic acids is 1. The maximum atomic E-state index is 10.2. The fourth-order valence-corrected chi connectivity index (χ4v) is 0.654. The minimum Gasteiger partial charge on any atom is -0.542 e. The van der Waals surface area contributed by atoms with Crippen molar-refractivity contribution in [3.05, 3.63) is 12.2 Å². The van der Waals surface area contributed by atoms with Gasteiger partial charge in [0.25, 0.3) is 0 Å². The van der Waals surface area contributed by atoms with E-state index in [9.17, 15) is 9.90 Å². The maximum absolute atomic E-state index is 10.2. The Hall–Kier alpha value is -0.793. The molecule has 0 aromatic carbocycles. The average molecular weight is 147 g/mol. The number of hydrogen-bond acceptors (Lipinski definition) is 4. The zero-order valence-electron chi connectivity index (χ0n) is 6.44. The van der Waals surface area contributed by atoms with E-state index in [0.717, 1.165) is 0 Å². The molecule has 0 aliphatic heterocycles. The van der Waals surface area contributed by atoms with Crippen molar-refractivity contribution in [2.24, 2.45) is 0 Å². The molecule has 0 radical (unpaired) electrons. The molecule has 54 valence electrons. The summed E-state index contributed by atoms with van der Waals surface area (Å²) < 4.78 is 1.26. The van der Waals surface area contributed by atoms with E-state index in [2.05, 4.69) is 10.1 Å². The number of hydrogen-bond donors (Lipinski definition) is 0. The van der Waals surface area contributed by atoms with Gasteiger partial charge in [0.1, 0.15) is 12.3 Å². The monoisotopic (exact) mass is 147 g/mol. The van der Waals surface area contributed by atoms with E-state index in [1.54, 1.807) is 6.92 Å². The third-order valence-corrected chi connectivity index (χ3v) is 1.10. The Morgan fingerprint density at radius 2 is 2.45 bits per heavy atom. The van der Waals surface area contributed by atoms with Crippen LogP contribution in [0.3, 0.4) is 0 Å². The molecule has 0 saturated heterocycles. The smallest absolute Gasteiger partial charge is 0.542 e. The van der Waals surface area contributed by atoms with Gasteiger partial charge in [-0.25, -0.2) is 9.67 Å². The van der Waals surface area contributed by atoms with E-state index >= 15 is 0 Å². The molecule has 5 nitrogen and oxygen atoms in total. The van der Waals surface area contributed by atoms with Gasteiger partial charge in [0, 0.05) is 6.54 Å². The number of nitrogens with zero attached hydrogens (tertiary/aromatic N) is 3. The van der Waals surface area contributed by atoms with Crippen molar-refractivity contribution in [3.63, 3.8) is 0 Å². The topological polar surface area (TPSA) is 70.8 Å². The zero-order valence-corrected chi connectivity index (χ0v) is 6.44. The summed E-state index contributed by atoms with van der Waals surface area (Å²) in [6.07, 6.45) is 1.19. The molecule has 1 aromatic heterocycles. The SMILES string of the molecule is CCn1ncnc1C(=O)[O-].[Li+]. The summed E-state index contributed by atoms with van der Waals surface area (Å²) in [6, 6.07) is 0. The molecular weight excluding hydrogens is 141 g/mol. The molecule has 0 bridgehead atoms. The molecule has 1 heterocycles. The van der Waals surface area contributed by atoms with E-state index < -0.39 is 5.97 Å². The molecule has 0 aliphatic carbocycles. The van der Waals surface area contributed by atoms with Crippen molar-refractivity contribution in [1.82, 2.24) is 14.8 Å². The second-order valence-electron chi connectivity index (χ2n) is 1.69. The van der Waals surface area contributed by atoms with E-state index in [4.69, 9.17) is 0 Å². The molecule has 11 heavy (non-hydrogen) atoms. The first-order valence-corrected chi connectivity index (χ1v) is 2.85. The van der Waals surface area contributed by atoms with Gasteiger partial charge in [0.15, 0.2) is 5.82 Å². The Morgan fingerprint density at radius 1 is 1.82 bits per heavy atom. The standard InChI is InChI=1S/C5H7N3O2.Li/c1-2-8-4(5(9)10)6-3-7-8;/h3H,2H2,1H3,(H,9,10);/q;+1/p-1. The number of carboxylic acid groups (broad SMARTS) is 1. The van der Waals surface area contributed by atoms with Crippen LogP contribution in [0.1, 0.15) is 17.5 Å². The van der Waals surface area contributed by atoms with Crippen LogP contribution >= 0.6 is 0 Å². The van der Waals surface area contributed by atoms with Crippen LogP contribution in [0.15, 0.2) is 6.33 Å². The van der Waals surface area contributed by atoms with Gasteiger partial charge in [-0.15, -0.1) is 0 Å². The van der Waals surface area contributed by atoms with Crippen molar-refractivity contribution >= 4 is 5.97 Å². The second kappa shape index (κ2) is 4.16. The number of aromatic carboxylic acids is 1. The fraction of sp³-hybridized carbons (Fsp3) is 0.400. The van der Waals surface area contributed by atoms with Crippen LogP contribution in [0, 0.1) is 0 Å². The average Bonchev–Trinajstić information content (AvgIpc) is 2.33. The van der Waals surface area contributed by atoms with E-state index in [-0.39, 0.29) is 24.7 Å². The molecule has 1 aromatic rings. The molecule has 0 aliphatic rings. The third kappa shape index (κ3) is 2.07. The van der Waals surface area contributed by atoms with Crippen molar-refractivity contribution in [1.29, 1.82) is 0 Å². The van der Waals surface area contributed by atoms with Crippen LogP contribution in [0.4, 0.5) is 0 Å². The first kappa shape index (κ1) is 10.2. The molecule has 0 saturated carbocycles. The van der Waals surface area contributed by atoms with E-state index in [0.29, 0.717) is 6.54 Å². The molecule has 1 rings (SSSR count). The van der Waals surface area contributed by atoms with Gasteiger partial charge < -0.3 is 9.90 Å². The summed E-state index contributed by atoms with van der Waals surface area (Å²) in [6.45, 7) is 2.27. The van der Waals surface area contributed by atoms with Gasteiger partial charge in [-0.05, 0) is 6.92 Å². The Bertz CT molecular complexity index is 248. The molecular formula is C5H6LiN3O2. The van der Waals surface area contributed by atoms with Crippen molar-refractivity contribution in [3.8, 4) is 0 Å². The number of aromatic nitrogens is 3. The minimum absolute atomic E-state index is 0. The Morgan fingerprint density at radius 3 is 2.82 bits per heavy atom. The normalized spacial score (nSPS) is 8.82. The second-order valence-corrected chi connectivity index (χ2v) is 1.69. The predicted octanol–water partition coefficient (Wildman–Crippen LogP) is -4.33. The number of carbonyl (C=O) groups is 1. The van der Waals surface area contributed by atoms with Gasteiger partial charge in [0.2, 0.25) is 0 Å². The van der Waals surface area contributed by atoms with Gasteiger partial charge in [0.05, 0.1) is 0 Å². The van der Waals surface area contributed by atoms with Crippen molar-refractivity contribution in [2.75, 3.05) is 0 Å². The maximum Gasteiger partial charge on any atom is 1.00 e. The number of carbonyl (C=O) groups excluding carboxylic acids is 1. The van der Waals surface area contributed by atoms with E-state index in [1.165, 1.54) is 11.0 Å². The molecule has 0 amide bonds. The Labute approximate surface area is 75.6 Å². The predicted molar refractivity (Wildman–Crippen MR) is 30.0 cm³/mol. The van der Waals surface area contributed by atoms with Gasteiger partial charge in [-0.1, -0.05) is 0 Å². The van der Waals surface area contributed by atoms with Gasteiger partial charge in [-0.2, -0.15) is 5.10 Å². The van der Waals surface area contributed by atoms with Crippen molar-refractivity contribution in [2.45, 2.75) is 13.5 Å². The van der Waals surface area contributed by atoms with Gasteiger partial charge in [-0.3, -0.25) is 0 Å². The zero-order chi connectivity index (χ0) is 7.56. The summed E-state index contributed by atoms with van der Waals surface area (Å²) in [4.78, 5) is 13.7. The minimum atomic E-state index is -1.29. The largest absolute Gasteiger partial charge is 1.00 e. The summed E-state index contributed by atoms with van der Waals surface area (Å²) in [5, 5.41) is 13.8. The molecule has 0 spiro atoms. The molecule has 0 atom stereocenters. The molecule has 6 heteroatoms. The Kier molecular flexibility index (Phi) is 3.86. The first-order chi connectivity index (χ1) is 4.75. The van der Waals surface area contributed by atoms with Crippen LogP contribution in [-0.2, 0) is 6.54 Å². The van der Waals surface area contributed by atoms with Crippen molar-refractivity contribution < 1.29 is 28.8 Å². The third-order valence-electron chi connectivity index (χ3n) is 1.10. The van der Waals surface area contributed by atoms with Crippen LogP contribution in [-0.4, -0.2) is 20.7 Å². The van der Waals surface area contributed by atoms with Crippen LogP contribution in [0.2, 0.25) is 0 Å². The summed E-state index contributed by atoms with van der Waals surface area (Å²) in [5.41, 5.74) is 0. The molecule has 0 N–H and O–H groups in total. The number of aryl methyl sites for hydroxylation is 1. The molecule has 0 fully saturated rings. The molecule has 0 unspecified atom stereocenters. The summed E-state index contributed by atoms with van der Waals surface area (Å²) in [5.74, 6) is -1.41. The van der Waals surface area contributed by atoms with Gasteiger partial charge >= 0.3 is 18.9 Å². The van der Waals surface area contributed by atoms with Crippen LogP contribution in [0.25, 0.3) is 0 Å². The quantitative estimate of drug-likeness (QED) is 0.396.